The molecule has 0 unspecified atom stereocenters. The van der Waals surface area contributed by atoms with Gasteiger partial charge in [0, 0.05) is 37.7 Å². The summed E-state index contributed by atoms with van der Waals surface area (Å²) in [6.45, 7) is 3.61. The Hall–Kier alpha value is -1.61. The van der Waals surface area contributed by atoms with E-state index in [9.17, 15) is 0 Å². The van der Waals surface area contributed by atoms with Crippen LogP contribution in [0.5, 0.6) is 0 Å². The van der Waals surface area contributed by atoms with Crippen LogP contribution in [0, 0.1) is 5.92 Å². The van der Waals surface area contributed by atoms with Crippen molar-refractivity contribution in [3.8, 4) is 11.4 Å². The van der Waals surface area contributed by atoms with E-state index in [1.807, 2.05) is 0 Å². The maximum Gasteiger partial charge on any atom is 0.140 e. The van der Waals surface area contributed by atoms with Gasteiger partial charge < -0.3 is 4.57 Å². The maximum absolute atomic E-state index is 5.10. The van der Waals surface area contributed by atoms with Crippen LogP contribution < -0.4 is 0 Å². The molecule has 1 aromatic carbocycles. The predicted molar refractivity (Wildman–Crippen MR) is 101 cm³/mol. The van der Waals surface area contributed by atoms with Crippen LogP contribution in [0.25, 0.3) is 11.4 Å². The van der Waals surface area contributed by atoms with E-state index in [4.69, 9.17) is 4.98 Å². The number of nitrogens with zero attached hydrogens (tertiary/aromatic N) is 3. The van der Waals surface area contributed by atoms with Gasteiger partial charge in [-0.25, -0.2) is 4.98 Å². The Morgan fingerprint density at radius 2 is 1.76 bits per heavy atom. The Morgan fingerprint density at radius 1 is 0.960 bits per heavy atom. The zero-order valence-electron chi connectivity index (χ0n) is 15.2. The molecular formula is C22H29N3. The van der Waals surface area contributed by atoms with Gasteiger partial charge in [0.1, 0.15) is 5.82 Å². The number of hydrogen-bond acceptors (Lipinski definition) is 2. The molecule has 0 amide bonds. The lowest BCUT2D eigenvalue weighted by molar-refractivity contribution is 0.182. The van der Waals surface area contributed by atoms with Gasteiger partial charge in [0.25, 0.3) is 0 Å². The molecule has 2 heterocycles. The second-order valence-electron chi connectivity index (χ2n) is 8.29. The van der Waals surface area contributed by atoms with E-state index in [1.165, 1.54) is 80.8 Å². The Balaban J connectivity index is 1.42. The first-order valence-electron chi connectivity index (χ1n) is 10.3. The van der Waals surface area contributed by atoms with Crippen LogP contribution in [0.1, 0.15) is 62.4 Å². The number of fused-ring (bicyclic) bond motifs is 1. The Bertz CT molecular complexity index is 723. The molecule has 2 aliphatic carbocycles. The average Bonchev–Trinajstić information content (AvgIpc) is 3.43. The van der Waals surface area contributed by atoms with Crippen LogP contribution >= 0.6 is 0 Å². The van der Waals surface area contributed by atoms with Crippen molar-refractivity contribution in [1.82, 2.24) is 14.5 Å². The van der Waals surface area contributed by atoms with Crippen molar-refractivity contribution in [2.24, 2.45) is 5.92 Å². The van der Waals surface area contributed by atoms with Crippen molar-refractivity contribution >= 4 is 0 Å². The van der Waals surface area contributed by atoms with Gasteiger partial charge in [-0.15, -0.1) is 0 Å². The maximum atomic E-state index is 5.10. The summed E-state index contributed by atoms with van der Waals surface area (Å²) >= 11 is 0. The van der Waals surface area contributed by atoms with Crippen LogP contribution in [0.15, 0.2) is 30.3 Å². The number of aromatic nitrogens is 2. The fourth-order valence-corrected chi connectivity index (χ4v) is 4.84. The third-order valence-corrected chi connectivity index (χ3v) is 6.32. The molecule has 0 bridgehead atoms. The summed E-state index contributed by atoms with van der Waals surface area (Å²) in [7, 11) is 0. The smallest absolute Gasteiger partial charge is 0.140 e. The summed E-state index contributed by atoms with van der Waals surface area (Å²) in [6.07, 6.45) is 11.0. The third-order valence-electron chi connectivity index (χ3n) is 6.32. The largest absolute Gasteiger partial charge is 0.323 e. The summed E-state index contributed by atoms with van der Waals surface area (Å²) in [5, 5.41) is 0. The molecule has 1 aliphatic heterocycles. The van der Waals surface area contributed by atoms with E-state index in [1.54, 1.807) is 0 Å². The first kappa shape index (κ1) is 15.6. The van der Waals surface area contributed by atoms with Crippen molar-refractivity contribution < 1.29 is 0 Å². The van der Waals surface area contributed by atoms with Crippen LogP contribution in [0.4, 0.5) is 0 Å². The summed E-state index contributed by atoms with van der Waals surface area (Å²) < 4.78 is 2.59. The standard InChI is InChI=1S/C22H29N3/c1-3-7-17(8-4-1)15-24-14-13-20-21(16-24)25(19-11-12-19)22(23-20)18-9-5-2-6-10-18/h2,5-6,9-10,17,19H,1,3-4,7-8,11-16H2. The van der Waals surface area contributed by atoms with Crippen molar-refractivity contribution in [1.29, 1.82) is 0 Å². The van der Waals surface area contributed by atoms with Gasteiger partial charge in [-0.3, -0.25) is 4.90 Å². The topological polar surface area (TPSA) is 21.1 Å². The zero-order valence-corrected chi connectivity index (χ0v) is 15.2. The molecule has 0 spiro atoms. The SMILES string of the molecule is c1ccc(-c2nc3c(n2C2CC2)CN(CC2CCCCC2)CC3)cc1. The molecule has 0 atom stereocenters. The molecular weight excluding hydrogens is 306 g/mol. The highest BCUT2D eigenvalue weighted by Gasteiger charge is 2.33. The summed E-state index contributed by atoms with van der Waals surface area (Å²) in [6, 6.07) is 11.5. The van der Waals surface area contributed by atoms with Crippen molar-refractivity contribution in [2.45, 2.75) is 64.0 Å². The molecule has 25 heavy (non-hydrogen) atoms. The van der Waals surface area contributed by atoms with Crippen molar-refractivity contribution in [3.05, 3.63) is 41.7 Å². The lowest BCUT2D eigenvalue weighted by atomic mass is 9.88. The van der Waals surface area contributed by atoms with E-state index < -0.39 is 0 Å². The van der Waals surface area contributed by atoms with Crippen LogP contribution in [0.3, 0.4) is 0 Å². The van der Waals surface area contributed by atoms with Gasteiger partial charge in [0.15, 0.2) is 0 Å². The Morgan fingerprint density at radius 3 is 2.52 bits per heavy atom. The highest BCUT2D eigenvalue weighted by atomic mass is 15.2. The molecule has 1 aromatic heterocycles. The molecule has 2 saturated carbocycles. The van der Waals surface area contributed by atoms with Gasteiger partial charge in [-0.05, 0) is 31.6 Å². The third kappa shape index (κ3) is 3.15. The average molecular weight is 335 g/mol. The van der Waals surface area contributed by atoms with Crippen LogP contribution in [0.2, 0.25) is 0 Å². The molecule has 132 valence electrons. The summed E-state index contributed by atoms with van der Waals surface area (Å²) in [5.41, 5.74) is 4.16. The Labute approximate surface area is 151 Å². The zero-order chi connectivity index (χ0) is 16.6. The highest BCUT2D eigenvalue weighted by molar-refractivity contribution is 5.57. The molecule has 0 saturated heterocycles. The van der Waals surface area contributed by atoms with E-state index in [0.717, 1.165) is 18.9 Å². The van der Waals surface area contributed by atoms with E-state index in [2.05, 4.69) is 39.8 Å². The van der Waals surface area contributed by atoms with Gasteiger partial charge in [-0.2, -0.15) is 0 Å². The van der Waals surface area contributed by atoms with Gasteiger partial charge >= 0.3 is 0 Å². The molecule has 2 aromatic rings. The second kappa shape index (κ2) is 6.60. The van der Waals surface area contributed by atoms with Crippen LogP contribution in [-0.2, 0) is 13.0 Å². The fourth-order valence-electron chi connectivity index (χ4n) is 4.84. The van der Waals surface area contributed by atoms with Crippen LogP contribution in [-0.4, -0.2) is 27.5 Å². The molecule has 3 heteroatoms. The second-order valence-corrected chi connectivity index (χ2v) is 8.29. The minimum absolute atomic E-state index is 0.695. The molecule has 3 nitrogen and oxygen atoms in total. The number of benzene rings is 1. The Kier molecular flexibility index (Phi) is 4.13. The van der Waals surface area contributed by atoms with Crippen molar-refractivity contribution in [3.63, 3.8) is 0 Å². The van der Waals surface area contributed by atoms with Crippen molar-refractivity contribution in [2.75, 3.05) is 13.1 Å². The number of imidazole rings is 1. The minimum Gasteiger partial charge on any atom is -0.323 e. The summed E-state index contributed by atoms with van der Waals surface area (Å²) in [4.78, 5) is 7.82. The monoisotopic (exact) mass is 335 g/mol. The first-order valence-corrected chi connectivity index (χ1v) is 10.3. The lowest BCUT2D eigenvalue weighted by Gasteiger charge is -2.32. The molecule has 2 fully saturated rings. The fraction of sp³-hybridized carbons (Fsp3) is 0.591. The molecule has 3 aliphatic rings. The predicted octanol–water partition coefficient (Wildman–Crippen LogP) is 4.82. The van der Waals surface area contributed by atoms with E-state index in [-0.39, 0.29) is 0 Å². The lowest BCUT2D eigenvalue weighted by Crippen LogP contribution is -2.36. The molecule has 0 N–H and O–H groups in total. The normalized spacial score (nSPS) is 22.1. The van der Waals surface area contributed by atoms with Gasteiger partial charge in [0.2, 0.25) is 0 Å². The first-order chi connectivity index (χ1) is 12.4. The highest BCUT2D eigenvalue weighted by Crippen LogP contribution is 2.41. The minimum atomic E-state index is 0.695. The van der Waals surface area contributed by atoms with Gasteiger partial charge in [-0.1, -0.05) is 49.6 Å². The van der Waals surface area contributed by atoms with E-state index in [0.29, 0.717) is 6.04 Å². The quantitative estimate of drug-likeness (QED) is 0.798. The molecule has 0 radical (unpaired) electrons. The summed E-state index contributed by atoms with van der Waals surface area (Å²) in [5.74, 6) is 2.15. The van der Waals surface area contributed by atoms with Gasteiger partial charge in [0.05, 0.1) is 11.4 Å². The number of hydrogen-bond donors (Lipinski definition) is 0. The van der Waals surface area contributed by atoms with E-state index >= 15 is 0 Å². The number of rotatable bonds is 4. The molecule has 5 rings (SSSR count).